The Labute approximate surface area is 163 Å². The van der Waals surface area contributed by atoms with Crippen LogP contribution in [0.5, 0.6) is 0 Å². The summed E-state index contributed by atoms with van der Waals surface area (Å²) in [5.41, 5.74) is 2.19. The molecule has 1 aliphatic rings. The molecule has 27 heavy (non-hydrogen) atoms. The van der Waals surface area contributed by atoms with Crippen molar-refractivity contribution in [3.05, 3.63) is 58.6 Å². The van der Waals surface area contributed by atoms with Gasteiger partial charge in [0.15, 0.2) is 0 Å². The van der Waals surface area contributed by atoms with Crippen LogP contribution >= 0.6 is 23.4 Å². The zero-order chi connectivity index (χ0) is 19.2. The SMILES string of the molecule is CSc1ccccc1-c1nn(-c2cc(C(F)(F)F)ccc2Cl)c2c1CCN2. The Kier molecular flexibility index (Phi) is 4.60. The molecule has 2 heterocycles. The smallest absolute Gasteiger partial charge is 0.369 e. The molecule has 0 spiro atoms. The van der Waals surface area contributed by atoms with Gasteiger partial charge in [-0.05, 0) is 36.9 Å². The predicted molar refractivity (Wildman–Crippen MR) is 103 cm³/mol. The van der Waals surface area contributed by atoms with E-state index in [1.165, 1.54) is 10.7 Å². The van der Waals surface area contributed by atoms with E-state index < -0.39 is 11.7 Å². The number of nitrogens with zero attached hydrogens (tertiary/aromatic N) is 2. The molecule has 3 nitrogen and oxygen atoms in total. The Bertz CT molecular complexity index is 1010. The molecule has 4 rings (SSSR count). The lowest BCUT2D eigenvalue weighted by molar-refractivity contribution is -0.137. The molecule has 0 amide bonds. The summed E-state index contributed by atoms with van der Waals surface area (Å²) in [6.45, 7) is 0.707. The largest absolute Gasteiger partial charge is 0.416 e. The number of aromatic nitrogens is 2. The quantitative estimate of drug-likeness (QED) is 0.546. The highest BCUT2D eigenvalue weighted by Gasteiger charge is 2.32. The van der Waals surface area contributed by atoms with Crippen molar-refractivity contribution < 1.29 is 13.2 Å². The maximum absolute atomic E-state index is 13.2. The number of rotatable bonds is 3. The average molecular weight is 410 g/mol. The van der Waals surface area contributed by atoms with Gasteiger partial charge in [0.05, 0.1) is 22.0 Å². The van der Waals surface area contributed by atoms with Gasteiger partial charge < -0.3 is 5.32 Å². The van der Waals surface area contributed by atoms with E-state index in [1.54, 1.807) is 11.8 Å². The van der Waals surface area contributed by atoms with Crippen LogP contribution < -0.4 is 5.32 Å². The minimum absolute atomic E-state index is 0.213. The van der Waals surface area contributed by atoms with Gasteiger partial charge in [0.1, 0.15) is 5.82 Å². The van der Waals surface area contributed by atoms with Crippen molar-refractivity contribution in [1.82, 2.24) is 9.78 Å². The van der Waals surface area contributed by atoms with Crippen LogP contribution in [0.1, 0.15) is 11.1 Å². The standard InChI is InChI=1S/C19H15ClF3N3S/c1-27-16-5-3-2-4-12(16)17-13-8-9-24-18(13)26(25-17)15-10-11(19(21,22)23)6-7-14(15)20/h2-7,10,24H,8-9H2,1H3. The van der Waals surface area contributed by atoms with Crippen molar-refractivity contribution in [2.45, 2.75) is 17.5 Å². The van der Waals surface area contributed by atoms with Gasteiger partial charge in [0.25, 0.3) is 0 Å². The van der Waals surface area contributed by atoms with E-state index >= 15 is 0 Å². The van der Waals surface area contributed by atoms with Crippen molar-refractivity contribution >= 4 is 29.2 Å². The molecular formula is C19H15ClF3N3S. The number of fused-ring (bicyclic) bond motifs is 1. The molecule has 0 radical (unpaired) electrons. The molecule has 0 unspecified atom stereocenters. The number of thioether (sulfide) groups is 1. The molecule has 0 aliphatic carbocycles. The first-order valence-corrected chi connectivity index (χ1v) is 9.86. The second-order valence-electron chi connectivity index (χ2n) is 6.13. The van der Waals surface area contributed by atoms with E-state index in [2.05, 4.69) is 10.4 Å². The van der Waals surface area contributed by atoms with Crippen LogP contribution in [0.25, 0.3) is 16.9 Å². The summed E-state index contributed by atoms with van der Waals surface area (Å²) in [6, 6.07) is 11.1. The van der Waals surface area contributed by atoms with Gasteiger partial charge in [-0.3, -0.25) is 0 Å². The van der Waals surface area contributed by atoms with Gasteiger partial charge in [-0.25, -0.2) is 4.68 Å². The molecule has 0 bridgehead atoms. The highest BCUT2D eigenvalue weighted by Crippen LogP contribution is 2.40. The van der Waals surface area contributed by atoms with Crippen LogP contribution in [0.3, 0.4) is 0 Å². The Balaban J connectivity index is 1.92. The van der Waals surface area contributed by atoms with Gasteiger partial charge in [0, 0.05) is 22.6 Å². The van der Waals surface area contributed by atoms with E-state index in [-0.39, 0.29) is 10.7 Å². The number of anilines is 1. The minimum Gasteiger partial charge on any atom is -0.369 e. The van der Waals surface area contributed by atoms with E-state index in [0.717, 1.165) is 40.3 Å². The molecule has 2 aromatic carbocycles. The topological polar surface area (TPSA) is 29.9 Å². The summed E-state index contributed by atoms with van der Waals surface area (Å²) in [6.07, 6.45) is -1.71. The molecule has 0 atom stereocenters. The average Bonchev–Trinajstić information content (AvgIpc) is 3.24. The molecule has 0 saturated carbocycles. The minimum atomic E-state index is -4.45. The van der Waals surface area contributed by atoms with Gasteiger partial charge in [0.2, 0.25) is 0 Å². The van der Waals surface area contributed by atoms with E-state index in [9.17, 15) is 13.2 Å². The zero-order valence-corrected chi connectivity index (χ0v) is 15.8. The fraction of sp³-hybridized carbons (Fsp3) is 0.211. The summed E-state index contributed by atoms with van der Waals surface area (Å²) < 4.78 is 41.0. The third-order valence-electron chi connectivity index (χ3n) is 4.51. The molecule has 1 aromatic heterocycles. The summed E-state index contributed by atoms with van der Waals surface area (Å²) >= 11 is 7.84. The maximum Gasteiger partial charge on any atom is 0.416 e. The molecule has 8 heteroatoms. The second kappa shape index (κ2) is 6.80. The van der Waals surface area contributed by atoms with Gasteiger partial charge in [-0.1, -0.05) is 29.8 Å². The van der Waals surface area contributed by atoms with Gasteiger partial charge in [-0.15, -0.1) is 11.8 Å². The van der Waals surface area contributed by atoms with Crippen LogP contribution in [0.15, 0.2) is 47.4 Å². The van der Waals surface area contributed by atoms with Crippen LogP contribution in [0.2, 0.25) is 5.02 Å². The highest BCUT2D eigenvalue weighted by molar-refractivity contribution is 7.98. The lowest BCUT2D eigenvalue weighted by Gasteiger charge is -2.12. The molecule has 1 N–H and O–H groups in total. The zero-order valence-electron chi connectivity index (χ0n) is 14.3. The van der Waals surface area contributed by atoms with E-state index in [1.807, 2.05) is 30.5 Å². The van der Waals surface area contributed by atoms with E-state index in [0.29, 0.717) is 12.4 Å². The lowest BCUT2D eigenvalue weighted by atomic mass is 10.1. The number of alkyl halides is 3. The second-order valence-corrected chi connectivity index (χ2v) is 7.38. The monoisotopic (exact) mass is 409 g/mol. The molecular weight excluding hydrogens is 395 g/mol. The Morgan fingerprint density at radius 3 is 2.70 bits per heavy atom. The number of hydrogen-bond donors (Lipinski definition) is 1. The summed E-state index contributed by atoms with van der Waals surface area (Å²) in [4.78, 5) is 1.06. The first-order chi connectivity index (χ1) is 12.9. The van der Waals surface area contributed by atoms with E-state index in [4.69, 9.17) is 11.6 Å². The summed E-state index contributed by atoms with van der Waals surface area (Å²) in [5.74, 6) is 0.696. The first kappa shape index (κ1) is 18.3. The van der Waals surface area contributed by atoms with Crippen LogP contribution in [-0.2, 0) is 12.6 Å². The first-order valence-electron chi connectivity index (χ1n) is 8.26. The predicted octanol–water partition coefficient (Wildman–Crippen LogP) is 5.90. The molecule has 3 aromatic rings. The Hall–Kier alpha value is -2.12. The number of benzene rings is 2. The highest BCUT2D eigenvalue weighted by atomic mass is 35.5. The molecule has 1 aliphatic heterocycles. The molecule has 140 valence electrons. The van der Waals surface area contributed by atoms with Crippen molar-refractivity contribution in [3.63, 3.8) is 0 Å². The Morgan fingerprint density at radius 1 is 1.19 bits per heavy atom. The lowest BCUT2D eigenvalue weighted by Crippen LogP contribution is -2.09. The van der Waals surface area contributed by atoms with Crippen LogP contribution in [0.4, 0.5) is 19.0 Å². The molecule has 0 saturated heterocycles. The normalized spacial score (nSPS) is 13.5. The fourth-order valence-electron chi connectivity index (χ4n) is 3.26. The van der Waals surface area contributed by atoms with Crippen molar-refractivity contribution in [2.75, 3.05) is 18.1 Å². The number of halogens is 4. The van der Waals surface area contributed by atoms with Crippen molar-refractivity contribution in [1.29, 1.82) is 0 Å². The maximum atomic E-state index is 13.2. The van der Waals surface area contributed by atoms with Gasteiger partial charge in [-0.2, -0.15) is 18.3 Å². The number of hydrogen-bond acceptors (Lipinski definition) is 3. The van der Waals surface area contributed by atoms with Crippen molar-refractivity contribution in [3.8, 4) is 16.9 Å². The fourth-order valence-corrected chi connectivity index (χ4v) is 4.05. The number of nitrogens with one attached hydrogen (secondary N) is 1. The molecule has 0 fully saturated rings. The third kappa shape index (κ3) is 3.19. The van der Waals surface area contributed by atoms with Crippen LogP contribution in [-0.4, -0.2) is 22.6 Å². The third-order valence-corrected chi connectivity index (χ3v) is 5.63. The van der Waals surface area contributed by atoms with Crippen molar-refractivity contribution in [2.24, 2.45) is 0 Å². The van der Waals surface area contributed by atoms with Gasteiger partial charge >= 0.3 is 6.18 Å². The summed E-state index contributed by atoms with van der Waals surface area (Å²) in [7, 11) is 0. The summed E-state index contributed by atoms with van der Waals surface area (Å²) in [5, 5.41) is 8.10. The Morgan fingerprint density at radius 2 is 1.96 bits per heavy atom. The van der Waals surface area contributed by atoms with Crippen LogP contribution in [0, 0.1) is 0 Å².